The number of nitrogens with one attached hydrogen (secondary N) is 1. The Kier molecular flexibility index (Phi) is 6.53. The Bertz CT molecular complexity index is 410. The monoisotopic (exact) mass is 309 g/mol. The Morgan fingerprint density at radius 3 is 2.33 bits per heavy atom. The van der Waals surface area contributed by atoms with Crippen molar-refractivity contribution in [2.24, 2.45) is 11.8 Å². The highest BCUT2D eigenvalue weighted by Gasteiger charge is 2.27. The quantitative estimate of drug-likeness (QED) is 0.812. The van der Waals surface area contributed by atoms with Crippen LogP contribution in [0.5, 0.6) is 0 Å². The molecule has 0 aliphatic heterocycles. The summed E-state index contributed by atoms with van der Waals surface area (Å²) in [6, 6.07) is 8.07. The van der Waals surface area contributed by atoms with E-state index in [9.17, 15) is 0 Å². The van der Waals surface area contributed by atoms with Crippen molar-refractivity contribution in [2.75, 3.05) is 13.1 Å². The van der Waals surface area contributed by atoms with E-state index in [0.29, 0.717) is 6.10 Å². The van der Waals surface area contributed by atoms with Crippen LogP contribution in [0.2, 0.25) is 5.02 Å². The Morgan fingerprint density at radius 1 is 1.14 bits per heavy atom. The van der Waals surface area contributed by atoms with E-state index in [-0.39, 0.29) is 6.10 Å². The summed E-state index contributed by atoms with van der Waals surface area (Å²) in [6.45, 7) is 8.63. The van der Waals surface area contributed by atoms with Gasteiger partial charge in [-0.05, 0) is 55.3 Å². The van der Waals surface area contributed by atoms with E-state index < -0.39 is 0 Å². The second-order valence-corrected chi connectivity index (χ2v) is 6.96. The van der Waals surface area contributed by atoms with Gasteiger partial charge >= 0.3 is 0 Å². The summed E-state index contributed by atoms with van der Waals surface area (Å²) in [7, 11) is 0. The molecule has 0 amide bonds. The molecule has 0 radical (unpaired) electrons. The van der Waals surface area contributed by atoms with E-state index in [4.69, 9.17) is 16.3 Å². The van der Waals surface area contributed by atoms with Gasteiger partial charge in [-0.2, -0.15) is 0 Å². The lowest BCUT2D eigenvalue weighted by molar-refractivity contribution is -0.0495. The van der Waals surface area contributed by atoms with E-state index in [1.807, 2.05) is 12.1 Å². The predicted octanol–water partition coefficient (Wildman–Crippen LogP) is 4.83. The van der Waals surface area contributed by atoms with Crippen LogP contribution in [-0.2, 0) is 4.74 Å². The van der Waals surface area contributed by atoms with Crippen LogP contribution in [0.25, 0.3) is 0 Å². The molecule has 0 heterocycles. The summed E-state index contributed by atoms with van der Waals surface area (Å²) in [5.74, 6) is 1.53. The Labute approximate surface area is 134 Å². The minimum absolute atomic E-state index is 0.115. The van der Waals surface area contributed by atoms with Gasteiger partial charge < -0.3 is 10.1 Å². The normalized spacial score (nSPS) is 27.5. The summed E-state index contributed by atoms with van der Waals surface area (Å²) in [6.07, 6.45) is 4.19. The zero-order chi connectivity index (χ0) is 15.2. The molecule has 0 bridgehead atoms. The van der Waals surface area contributed by atoms with Crippen molar-refractivity contribution in [3.63, 3.8) is 0 Å². The molecule has 1 aliphatic carbocycles. The van der Waals surface area contributed by atoms with Crippen LogP contribution in [0.3, 0.4) is 0 Å². The van der Waals surface area contributed by atoms with E-state index in [0.717, 1.165) is 29.9 Å². The first-order valence-corrected chi connectivity index (χ1v) is 8.58. The van der Waals surface area contributed by atoms with Crippen molar-refractivity contribution in [2.45, 2.75) is 52.2 Å². The molecule has 0 saturated heterocycles. The van der Waals surface area contributed by atoms with Gasteiger partial charge in [-0.15, -0.1) is 0 Å². The molecule has 21 heavy (non-hydrogen) atoms. The molecule has 1 fully saturated rings. The van der Waals surface area contributed by atoms with Crippen molar-refractivity contribution in [3.8, 4) is 0 Å². The maximum atomic E-state index is 6.45. The number of benzene rings is 1. The fraction of sp³-hybridized carbons (Fsp3) is 0.667. The first-order valence-electron chi connectivity index (χ1n) is 8.20. The van der Waals surface area contributed by atoms with Crippen LogP contribution in [0.1, 0.15) is 51.7 Å². The van der Waals surface area contributed by atoms with E-state index >= 15 is 0 Å². The van der Waals surface area contributed by atoms with Crippen molar-refractivity contribution >= 4 is 11.6 Å². The first kappa shape index (κ1) is 16.8. The zero-order valence-corrected chi connectivity index (χ0v) is 14.2. The number of rotatable bonds is 6. The van der Waals surface area contributed by atoms with Gasteiger partial charge in [0, 0.05) is 11.6 Å². The third kappa shape index (κ3) is 5.28. The van der Waals surface area contributed by atoms with E-state index in [2.05, 4.69) is 38.2 Å². The molecular weight excluding hydrogens is 282 g/mol. The van der Waals surface area contributed by atoms with Gasteiger partial charge in [0.25, 0.3) is 0 Å². The molecule has 1 N–H and O–H groups in total. The van der Waals surface area contributed by atoms with Crippen molar-refractivity contribution in [1.29, 1.82) is 0 Å². The van der Waals surface area contributed by atoms with Crippen molar-refractivity contribution < 1.29 is 4.74 Å². The molecule has 3 unspecified atom stereocenters. The summed E-state index contributed by atoms with van der Waals surface area (Å²) >= 11 is 5.99. The second kappa shape index (κ2) is 8.17. The van der Waals surface area contributed by atoms with Crippen LogP contribution >= 0.6 is 11.6 Å². The smallest absolute Gasteiger partial charge is 0.0952 e. The lowest BCUT2D eigenvalue weighted by atomic mass is 9.81. The molecule has 0 spiro atoms. The average molecular weight is 310 g/mol. The molecule has 1 aromatic rings. The minimum atomic E-state index is 0.115. The highest BCUT2D eigenvalue weighted by atomic mass is 35.5. The largest absolute Gasteiger partial charge is 0.369 e. The molecule has 2 rings (SSSR count). The van der Waals surface area contributed by atoms with Gasteiger partial charge in [0.2, 0.25) is 0 Å². The number of ether oxygens (including phenoxy) is 1. The molecular formula is C18H28ClNO. The van der Waals surface area contributed by atoms with Gasteiger partial charge in [-0.25, -0.2) is 0 Å². The topological polar surface area (TPSA) is 21.3 Å². The fourth-order valence-corrected chi connectivity index (χ4v) is 3.54. The third-order valence-electron chi connectivity index (χ3n) is 4.31. The second-order valence-electron chi connectivity index (χ2n) is 6.52. The Balaban J connectivity index is 2.03. The Hall–Kier alpha value is -0.570. The lowest BCUT2D eigenvalue weighted by Gasteiger charge is -2.34. The lowest BCUT2D eigenvalue weighted by Crippen LogP contribution is -2.31. The minimum Gasteiger partial charge on any atom is -0.369 e. The number of hydrogen-bond donors (Lipinski definition) is 1. The molecule has 1 aliphatic rings. The molecule has 0 aromatic heterocycles. The van der Waals surface area contributed by atoms with Gasteiger partial charge in [0.05, 0.1) is 12.2 Å². The van der Waals surface area contributed by atoms with E-state index in [1.54, 1.807) is 0 Å². The van der Waals surface area contributed by atoms with Crippen LogP contribution in [0, 0.1) is 11.8 Å². The zero-order valence-electron chi connectivity index (χ0n) is 13.4. The summed E-state index contributed by atoms with van der Waals surface area (Å²) in [5.41, 5.74) is 1.21. The van der Waals surface area contributed by atoms with Gasteiger partial charge in [0.15, 0.2) is 0 Å². The summed E-state index contributed by atoms with van der Waals surface area (Å²) in [5, 5.41) is 4.19. The number of likely N-dealkylation sites (N-methyl/N-ethyl adjacent to an activating group) is 1. The van der Waals surface area contributed by atoms with Gasteiger partial charge in [-0.1, -0.05) is 44.5 Å². The fourth-order valence-electron chi connectivity index (χ4n) is 3.41. The molecule has 1 aromatic carbocycles. The highest BCUT2D eigenvalue weighted by molar-refractivity contribution is 6.30. The number of hydrogen-bond acceptors (Lipinski definition) is 2. The van der Waals surface area contributed by atoms with Crippen molar-refractivity contribution in [1.82, 2.24) is 5.32 Å². The molecule has 1 saturated carbocycles. The maximum Gasteiger partial charge on any atom is 0.0952 e. The summed E-state index contributed by atoms with van der Waals surface area (Å²) in [4.78, 5) is 0. The maximum absolute atomic E-state index is 6.45. The van der Waals surface area contributed by atoms with Crippen LogP contribution in [0.4, 0.5) is 0 Å². The van der Waals surface area contributed by atoms with Crippen LogP contribution < -0.4 is 5.32 Å². The molecule has 3 heteroatoms. The van der Waals surface area contributed by atoms with Crippen molar-refractivity contribution in [3.05, 3.63) is 34.9 Å². The summed E-state index contributed by atoms with van der Waals surface area (Å²) < 4.78 is 6.45. The van der Waals surface area contributed by atoms with Gasteiger partial charge in [0.1, 0.15) is 0 Å². The van der Waals surface area contributed by atoms with E-state index in [1.165, 1.54) is 24.8 Å². The average Bonchev–Trinajstić information content (AvgIpc) is 2.43. The molecule has 118 valence electrons. The number of halogens is 1. The predicted molar refractivity (Wildman–Crippen MR) is 89.8 cm³/mol. The molecule has 2 nitrogen and oxygen atoms in total. The third-order valence-corrected chi connectivity index (χ3v) is 4.57. The standard InChI is InChI=1S/C18H28ClNO/c1-4-20-12-18(15-5-7-16(19)8-6-15)21-17-10-13(2)9-14(3)11-17/h5-8,13-14,17-18,20H,4,9-12H2,1-3H3. The highest BCUT2D eigenvalue weighted by Crippen LogP contribution is 2.33. The Morgan fingerprint density at radius 2 is 1.76 bits per heavy atom. The first-order chi connectivity index (χ1) is 10.1. The van der Waals surface area contributed by atoms with Crippen LogP contribution in [-0.4, -0.2) is 19.2 Å². The van der Waals surface area contributed by atoms with Gasteiger partial charge in [-0.3, -0.25) is 0 Å². The SMILES string of the molecule is CCNCC(OC1CC(C)CC(C)C1)c1ccc(Cl)cc1. The van der Waals surface area contributed by atoms with Crippen LogP contribution in [0.15, 0.2) is 24.3 Å². The molecule has 3 atom stereocenters.